The van der Waals surface area contributed by atoms with Gasteiger partial charge in [-0.1, -0.05) is 0 Å². The van der Waals surface area contributed by atoms with Crippen LogP contribution in [0.1, 0.15) is 18.9 Å². The first-order chi connectivity index (χ1) is 8.63. The third-order valence-corrected chi connectivity index (χ3v) is 2.47. The van der Waals surface area contributed by atoms with Gasteiger partial charge >= 0.3 is 6.03 Å². The first-order valence-corrected chi connectivity index (χ1v) is 6.17. The van der Waals surface area contributed by atoms with Gasteiger partial charge in [0.15, 0.2) is 0 Å². The molecule has 6 nitrogen and oxygen atoms in total. The number of aryl methyl sites for hydroxylation is 1. The van der Waals surface area contributed by atoms with Crippen LogP contribution in [0, 0.1) is 0 Å². The summed E-state index contributed by atoms with van der Waals surface area (Å²) in [5.41, 5.74) is 1.02. The lowest BCUT2D eigenvalue weighted by molar-refractivity contribution is 0.144. The van der Waals surface area contributed by atoms with E-state index in [2.05, 4.69) is 10.4 Å². The van der Waals surface area contributed by atoms with E-state index in [1.165, 1.54) is 0 Å². The zero-order valence-corrected chi connectivity index (χ0v) is 11.3. The molecule has 0 spiro atoms. The number of ether oxygens (including phenoxy) is 1. The summed E-state index contributed by atoms with van der Waals surface area (Å²) in [6.07, 6.45) is 4.50. The molecule has 0 aliphatic heterocycles. The highest BCUT2D eigenvalue weighted by atomic mass is 16.5. The van der Waals surface area contributed by atoms with Crippen LogP contribution in [0.5, 0.6) is 0 Å². The van der Waals surface area contributed by atoms with Crippen molar-refractivity contribution in [3.63, 3.8) is 0 Å². The van der Waals surface area contributed by atoms with E-state index >= 15 is 0 Å². The van der Waals surface area contributed by atoms with Crippen molar-refractivity contribution in [3.8, 4) is 0 Å². The number of carbonyl (C=O) groups is 1. The van der Waals surface area contributed by atoms with Crippen molar-refractivity contribution in [2.45, 2.75) is 19.9 Å². The van der Waals surface area contributed by atoms with Gasteiger partial charge in [0.25, 0.3) is 0 Å². The van der Waals surface area contributed by atoms with Crippen LogP contribution in [0.2, 0.25) is 0 Å². The molecule has 0 saturated heterocycles. The third-order valence-electron chi connectivity index (χ3n) is 2.47. The van der Waals surface area contributed by atoms with Crippen molar-refractivity contribution in [3.05, 3.63) is 18.0 Å². The van der Waals surface area contributed by atoms with Crippen LogP contribution in [0.4, 0.5) is 4.79 Å². The number of nitrogens with zero attached hydrogens (tertiary/aromatic N) is 3. The zero-order chi connectivity index (χ0) is 13.4. The second kappa shape index (κ2) is 7.71. The predicted octanol–water partition coefficient (Wildman–Crippen LogP) is 0.988. The molecule has 1 rings (SSSR count). The van der Waals surface area contributed by atoms with Crippen LogP contribution in [-0.4, -0.2) is 47.5 Å². The van der Waals surface area contributed by atoms with E-state index in [-0.39, 0.29) is 6.03 Å². The zero-order valence-electron chi connectivity index (χ0n) is 11.3. The van der Waals surface area contributed by atoms with E-state index in [9.17, 15) is 4.79 Å². The summed E-state index contributed by atoms with van der Waals surface area (Å²) in [5, 5.41) is 6.91. The molecular weight excluding hydrogens is 232 g/mol. The van der Waals surface area contributed by atoms with E-state index < -0.39 is 0 Å². The Morgan fingerprint density at radius 3 is 3.00 bits per heavy atom. The molecule has 1 aromatic heterocycles. The Balaban J connectivity index is 2.20. The molecule has 18 heavy (non-hydrogen) atoms. The monoisotopic (exact) mass is 254 g/mol. The molecule has 0 saturated carbocycles. The number of rotatable bonds is 7. The van der Waals surface area contributed by atoms with Gasteiger partial charge in [-0.3, -0.25) is 4.68 Å². The fraction of sp³-hybridized carbons (Fsp3) is 0.667. The Morgan fingerprint density at radius 1 is 1.61 bits per heavy atom. The van der Waals surface area contributed by atoms with Crippen LogP contribution in [-0.2, 0) is 18.3 Å². The molecular formula is C12H22N4O2. The molecule has 2 amide bonds. The standard InChI is InChI=1S/C12H22N4O2/c1-4-18-7-5-6-13-12(17)15(2)9-11-8-14-16(3)10-11/h8,10H,4-7,9H2,1-3H3,(H,13,17). The van der Waals surface area contributed by atoms with E-state index in [0.717, 1.165) is 18.6 Å². The maximum Gasteiger partial charge on any atom is 0.317 e. The molecule has 0 aliphatic carbocycles. The molecule has 102 valence electrons. The molecule has 0 radical (unpaired) electrons. The molecule has 1 heterocycles. The van der Waals surface area contributed by atoms with Crippen LogP contribution >= 0.6 is 0 Å². The molecule has 0 atom stereocenters. The number of amides is 2. The van der Waals surface area contributed by atoms with Gasteiger partial charge < -0.3 is 15.0 Å². The van der Waals surface area contributed by atoms with Crippen molar-refractivity contribution >= 4 is 6.03 Å². The van der Waals surface area contributed by atoms with E-state index in [0.29, 0.717) is 19.7 Å². The fourth-order valence-corrected chi connectivity index (χ4v) is 1.55. The van der Waals surface area contributed by atoms with E-state index in [4.69, 9.17) is 4.74 Å². The number of aromatic nitrogens is 2. The lowest BCUT2D eigenvalue weighted by Gasteiger charge is -2.17. The molecule has 6 heteroatoms. The first kappa shape index (κ1) is 14.5. The first-order valence-electron chi connectivity index (χ1n) is 6.17. The molecule has 0 aromatic carbocycles. The minimum absolute atomic E-state index is 0.0737. The summed E-state index contributed by atoms with van der Waals surface area (Å²) in [7, 11) is 3.63. The van der Waals surface area contributed by atoms with E-state index in [1.54, 1.807) is 22.8 Å². The van der Waals surface area contributed by atoms with Gasteiger partial charge in [0.05, 0.1) is 12.7 Å². The summed E-state index contributed by atoms with van der Waals surface area (Å²) in [4.78, 5) is 13.4. The quantitative estimate of drug-likeness (QED) is 0.738. The van der Waals surface area contributed by atoms with Crippen LogP contribution in [0.3, 0.4) is 0 Å². The summed E-state index contributed by atoms with van der Waals surface area (Å²) in [5.74, 6) is 0. The van der Waals surface area contributed by atoms with Gasteiger partial charge in [-0.2, -0.15) is 5.10 Å². The highest BCUT2D eigenvalue weighted by Crippen LogP contribution is 2.01. The third kappa shape index (κ3) is 5.18. The minimum atomic E-state index is -0.0737. The number of nitrogens with one attached hydrogen (secondary N) is 1. The number of carbonyl (C=O) groups excluding carboxylic acids is 1. The van der Waals surface area contributed by atoms with Gasteiger partial charge in [-0.05, 0) is 13.3 Å². The lowest BCUT2D eigenvalue weighted by Crippen LogP contribution is -2.37. The van der Waals surface area contributed by atoms with Crippen molar-refractivity contribution < 1.29 is 9.53 Å². The minimum Gasteiger partial charge on any atom is -0.382 e. The predicted molar refractivity (Wildman–Crippen MR) is 69.2 cm³/mol. The Morgan fingerprint density at radius 2 is 2.39 bits per heavy atom. The van der Waals surface area contributed by atoms with Crippen molar-refractivity contribution in [2.75, 3.05) is 26.8 Å². The maximum absolute atomic E-state index is 11.7. The second-order valence-electron chi connectivity index (χ2n) is 4.16. The summed E-state index contributed by atoms with van der Waals surface area (Å²) in [6, 6.07) is -0.0737. The highest BCUT2D eigenvalue weighted by Gasteiger charge is 2.08. The second-order valence-corrected chi connectivity index (χ2v) is 4.16. The van der Waals surface area contributed by atoms with Crippen molar-refractivity contribution in [1.82, 2.24) is 20.0 Å². The van der Waals surface area contributed by atoms with Gasteiger partial charge in [0, 0.05) is 45.6 Å². The molecule has 0 aliphatic rings. The largest absolute Gasteiger partial charge is 0.382 e. The van der Waals surface area contributed by atoms with Gasteiger partial charge in [0.1, 0.15) is 0 Å². The summed E-state index contributed by atoms with van der Waals surface area (Å²) < 4.78 is 6.92. The number of urea groups is 1. The number of hydrogen-bond acceptors (Lipinski definition) is 3. The average molecular weight is 254 g/mol. The normalized spacial score (nSPS) is 10.4. The lowest BCUT2D eigenvalue weighted by atomic mass is 10.3. The average Bonchev–Trinajstić information content (AvgIpc) is 2.74. The molecule has 1 aromatic rings. The van der Waals surface area contributed by atoms with Crippen LogP contribution in [0.15, 0.2) is 12.4 Å². The SMILES string of the molecule is CCOCCCNC(=O)N(C)Cc1cnn(C)c1. The summed E-state index contributed by atoms with van der Waals surface area (Å²) in [6.45, 7) is 4.56. The molecule has 0 fully saturated rings. The molecule has 0 bridgehead atoms. The van der Waals surface area contributed by atoms with E-state index in [1.807, 2.05) is 20.2 Å². The van der Waals surface area contributed by atoms with Gasteiger partial charge in [0.2, 0.25) is 0 Å². The smallest absolute Gasteiger partial charge is 0.317 e. The van der Waals surface area contributed by atoms with Crippen molar-refractivity contribution in [1.29, 1.82) is 0 Å². The Bertz CT molecular complexity index is 365. The Kier molecular flexibility index (Phi) is 6.21. The van der Waals surface area contributed by atoms with Gasteiger partial charge in [-0.15, -0.1) is 0 Å². The van der Waals surface area contributed by atoms with Crippen molar-refractivity contribution in [2.24, 2.45) is 7.05 Å². The van der Waals surface area contributed by atoms with Crippen LogP contribution in [0.25, 0.3) is 0 Å². The summed E-state index contributed by atoms with van der Waals surface area (Å²) >= 11 is 0. The maximum atomic E-state index is 11.7. The Labute approximate surface area is 108 Å². The topological polar surface area (TPSA) is 59.4 Å². The highest BCUT2D eigenvalue weighted by molar-refractivity contribution is 5.73. The number of hydrogen-bond donors (Lipinski definition) is 1. The van der Waals surface area contributed by atoms with Gasteiger partial charge in [-0.25, -0.2) is 4.79 Å². The van der Waals surface area contributed by atoms with Crippen LogP contribution < -0.4 is 5.32 Å². The molecule has 1 N–H and O–H groups in total. The molecule has 0 unspecified atom stereocenters. The fourth-order valence-electron chi connectivity index (χ4n) is 1.55. The Hall–Kier alpha value is -1.56.